The zero-order chi connectivity index (χ0) is 22.1. The molecule has 0 amide bonds. The molecule has 30 heavy (non-hydrogen) atoms. The number of Topliss-reactive ketones (excluding diaryl/α,β-unsaturated/α-hetero) is 1. The number of carbonyl (C=O) groups excluding carboxylic acids is 1. The third kappa shape index (κ3) is 4.91. The lowest BCUT2D eigenvalue weighted by Gasteiger charge is -2.18. The van der Waals surface area contributed by atoms with Gasteiger partial charge in [0.2, 0.25) is 10.0 Å². The van der Waals surface area contributed by atoms with Crippen LogP contribution in [0.5, 0.6) is 0 Å². The van der Waals surface area contributed by atoms with Crippen molar-refractivity contribution in [2.75, 3.05) is 11.0 Å². The summed E-state index contributed by atoms with van der Waals surface area (Å²) in [6.45, 7) is 5.57. The quantitative estimate of drug-likeness (QED) is 0.338. The van der Waals surface area contributed by atoms with Gasteiger partial charge in [0.15, 0.2) is 10.9 Å². The molecule has 1 unspecified atom stereocenters. The molecule has 7 nitrogen and oxygen atoms in total. The summed E-state index contributed by atoms with van der Waals surface area (Å²) < 4.78 is 26.6. The molecule has 3 rings (SSSR count). The Hall–Kier alpha value is -2.65. The lowest BCUT2D eigenvalue weighted by molar-refractivity contribution is 0.0994. The fourth-order valence-corrected chi connectivity index (χ4v) is 4.71. The SMILES string of the molecule is CC(Sc1nc2ccccc2c(=O)n1C(C)C)C(=O)c1ccc(NS(C)(=O)=O)cc1. The van der Waals surface area contributed by atoms with Gasteiger partial charge in [-0.25, -0.2) is 13.4 Å². The van der Waals surface area contributed by atoms with Gasteiger partial charge in [0.05, 0.1) is 22.4 Å². The number of nitrogens with one attached hydrogen (secondary N) is 1. The minimum atomic E-state index is -3.38. The normalized spacial score (nSPS) is 12.8. The molecule has 1 heterocycles. The van der Waals surface area contributed by atoms with Crippen molar-refractivity contribution < 1.29 is 13.2 Å². The van der Waals surface area contributed by atoms with E-state index in [9.17, 15) is 18.0 Å². The van der Waals surface area contributed by atoms with Gasteiger partial charge >= 0.3 is 0 Å². The van der Waals surface area contributed by atoms with E-state index in [1.54, 1.807) is 54.0 Å². The van der Waals surface area contributed by atoms with E-state index in [-0.39, 0.29) is 17.4 Å². The van der Waals surface area contributed by atoms with Crippen molar-refractivity contribution in [3.63, 3.8) is 0 Å². The summed E-state index contributed by atoms with van der Waals surface area (Å²) in [6.07, 6.45) is 1.07. The van der Waals surface area contributed by atoms with Crippen LogP contribution in [0.1, 0.15) is 37.2 Å². The second kappa shape index (κ2) is 8.61. The van der Waals surface area contributed by atoms with Crippen LogP contribution in [-0.2, 0) is 10.0 Å². The number of hydrogen-bond acceptors (Lipinski definition) is 6. The largest absolute Gasteiger partial charge is 0.293 e. The van der Waals surface area contributed by atoms with Crippen molar-refractivity contribution in [2.24, 2.45) is 0 Å². The zero-order valence-electron chi connectivity index (χ0n) is 17.1. The number of fused-ring (bicyclic) bond motifs is 1. The summed E-state index contributed by atoms with van der Waals surface area (Å²) in [4.78, 5) is 30.5. The molecule has 0 radical (unpaired) electrons. The second-order valence-corrected chi connectivity index (χ2v) is 10.3. The number of para-hydroxylation sites is 1. The number of aromatic nitrogens is 2. The minimum Gasteiger partial charge on any atom is -0.293 e. The Labute approximate surface area is 179 Å². The first-order valence-electron chi connectivity index (χ1n) is 9.37. The van der Waals surface area contributed by atoms with Crippen LogP contribution >= 0.6 is 11.8 Å². The third-order valence-electron chi connectivity index (χ3n) is 4.42. The predicted octanol–water partition coefficient (Wildman–Crippen LogP) is 3.71. The lowest BCUT2D eigenvalue weighted by Crippen LogP contribution is -2.26. The minimum absolute atomic E-state index is 0.110. The standard InChI is InChI=1S/C21H23N3O4S2/c1-13(2)24-20(26)17-7-5-6-8-18(17)22-21(24)29-14(3)19(25)15-9-11-16(12-10-15)23-30(4,27)28/h5-14,23H,1-4H3. The predicted molar refractivity (Wildman–Crippen MR) is 121 cm³/mol. The number of thioether (sulfide) groups is 1. The summed E-state index contributed by atoms with van der Waals surface area (Å²) in [6, 6.07) is 13.3. The fraction of sp³-hybridized carbons (Fsp3) is 0.286. The molecule has 3 aromatic rings. The molecule has 158 valence electrons. The Morgan fingerprint density at radius 1 is 1.07 bits per heavy atom. The number of benzene rings is 2. The number of anilines is 1. The maximum absolute atomic E-state index is 12.9. The van der Waals surface area contributed by atoms with E-state index >= 15 is 0 Å². The van der Waals surface area contributed by atoms with Crippen LogP contribution in [-0.4, -0.2) is 35.3 Å². The van der Waals surface area contributed by atoms with Crippen molar-refractivity contribution in [3.8, 4) is 0 Å². The van der Waals surface area contributed by atoms with Gasteiger partial charge in [0.1, 0.15) is 0 Å². The Kier molecular flexibility index (Phi) is 6.33. The molecule has 0 aliphatic rings. The molecule has 1 aromatic heterocycles. The van der Waals surface area contributed by atoms with Crippen LogP contribution in [0.4, 0.5) is 5.69 Å². The van der Waals surface area contributed by atoms with Crippen molar-refractivity contribution in [3.05, 3.63) is 64.4 Å². The molecular weight excluding hydrogens is 422 g/mol. The van der Waals surface area contributed by atoms with Crippen LogP contribution in [0.25, 0.3) is 10.9 Å². The second-order valence-electron chi connectivity index (χ2n) is 7.26. The van der Waals surface area contributed by atoms with Crippen molar-refractivity contribution in [1.29, 1.82) is 0 Å². The molecule has 1 atom stereocenters. The van der Waals surface area contributed by atoms with Gasteiger partial charge in [-0.3, -0.25) is 18.9 Å². The first-order valence-corrected chi connectivity index (χ1v) is 12.1. The lowest BCUT2D eigenvalue weighted by atomic mass is 10.1. The van der Waals surface area contributed by atoms with E-state index in [0.29, 0.717) is 27.3 Å². The summed E-state index contributed by atoms with van der Waals surface area (Å²) in [5, 5.41) is 0.546. The highest BCUT2D eigenvalue weighted by molar-refractivity contribution is 8.00. The van der Waals surface area contributed by atoms with Gasteiger partial charge in [0, 0.05) is 17.3 Å². The van der Waals surface area contributed by atoms with E-state index < -0.39 is 15.3 Å². The molecule has 9 heteroatoms. The van der Waals surface area contributed by atoms with Gasteiger partial charge in [-0.2, -0.15) is 0 Å². The Morgan fingerprint density at radius 2 is 1.70 bits per heavy atom. The summed E-state index contributed by atoms with van der Waals surface area (Å²) in [7, 11) is -3.38. The number of carbonyl (C=O) groups is 1. The third-order valence-corrected chi connectivity index (χ3v) is 6.09. The highest BCUT2D eigenvalue weighted by Gasteiger charge is 2.21. The van der Waals surface area contributed by atoms with Crippen molar-refractivity contribution in [2.45, 2.75) is 37.2 Å². The molecule has 1 N–H and O–H groups in total. The Morgan fingerprint density at radius 3 is 2.30 bits per heavy atom. The van der Waals surface area contributed by atoms with Gasteiger partial charge in [-0.15, -0.1) is 0 Å². The summed E-state index contributed by atoms with van der Waals surface area (Å²) in [5.74, 6) is -0.136. The first kappa shape index (κ1) is 22.0. The van der Waals surface area contributed by atoms with Crippen LogP contribution < -0.4 is 10.3 Å². The molecule has 2 aromatic carbocycles. The van der Waals surface area contributed by atoms with Crippen LogP contribution in [0.3, 0.4) is 0 Å². The summed E-state index contributed by atoms with van der Waals surface area (Å²) in [5.41, 5.74) is 1.30. The fourth-order valence-electron chi connectivity index (χ4n) is 3.03. The monoisotopic (exact) mass is 445 g/mol. The van der Waals surface area contributed by atoms with E-state index in [2.05, 4.69) is 9.71 Å². The van der Waals surface area contributed by atoms with E-state index in [1.165, 1.54) is 11.8 Å². The smallest absolute Gasteiger partial charge is 0.262 e. The van der Waals surface area contributed by atoms with Crippen LogP contribution in [0.15, 0.2) is 58.5 Å². The molecule has 0 aliphatic carbocycles. The molecule has 0 fully saturated rings. The summed E-state index contributed by atoms with van der Waals surface area (Å²) >= 11 is 1.24. The average Bonchev–Trinajstić information content (AvgIpc) is 2.66. The number of ketones is 1. The number of hydrogen-bond donors (Lipinski definition) is 1. The molecule has 0 saturated carbocycles. The molecule has 0 saturated heterocycles. The maximum atomic E-state index is 12.9. The van der Waals surface area contributed by atoms with Crippen LogP contribution in [0, 0.1) is 0 Å². The number of rotatable bonds is 7. The zero-order valence-corrected chi connectivity index (χ0v) is 18.8. The van der Waals surface area contributed by atoms with Gasteiger partial charge in [0.25, 0.3) is 5.56 Å². The van der Waals surface area contributed by atoms with Gasteiger partial charge in [-0.1, -0.05) is 23.9 Å². The molecule has 0 aliphatic heterocycles. The molecule has 0 bridgehead atoms. The number of nitrogens with zero attached hydrogens (tertiary/aromatic N) is 2. The molecular formula is C21H23N3O4S2. The van der Waals surface area contributed by atoms with E-state index in [0.717, 1.165) is 6.26 Å². The highest BCUT2D eigenvalue weighted by Crippen LogP contribution is 2.27. The van der Waals surface area contributed by atoms with E-state index in [4.69, 9.17) is 0 Å². The Bertz CT molecular complexity index is 1250. The van der Waals surface area contributed by atoms with Crippen molar-refractivity contribution >= 4 is 44.2 Å². The maximum Gasteiger partial charge on any atom is 0.262 e. The van der Waals surface area contributed by atoms with Gasteiger partial charge in [-0.05, 0) is 57.2 Å². The Balaban J connectivity index is 1.89. The topological polar surface area (TPSA) is 98.1 Å². The highest BCUT2D eigenvalue weighted by atomic mass is 32.2. The average molecular weight is 446 g/mol. The van der Waals surface area contributed by atoms with Crippen molar-refractivity contribution in [1.82, 2.24) is 9.55 Å². The first-order chi connectivity index (χ1) is 14.1. The molecule has 0 spiro atoms. The number of sulfonamides is 1. The van der Waals surface area contributed by atoms with Crippen LogP contribution in [0.2, 0.25) is 0 Å². The van der Waals surface area contributed by atoms with E-state index in [1.807, 2.05) is 19.9 Å². The van der Waals surface area contributed by atoms with Gasteiger partial charge < -0.3 is 0 Å².